The van der Waals surface area contributed by atoms with Gasteiger partial charge >= 0.3 is 29.8 Å². The van der Waals surface area contributed by atoms with Crippen LogP contribution in [-0.2, 0) is 47.7 Å². The summed E-state index contributed by atoms with van der Waals surface area (Å²) in [6.45, 7) is 5.46. The Hall–Kier alpha value is -4.00. The van der Waals surface area contributed by atoms with Gasteiger partial charge in [-0.3, -0.25) is 29.0 Å². The van der Waals surface area contributed by atoms with Crippen LogP contribution in [0.2, 0.25) is 0 Å². The van der Waals surface area contributed by atoms with Crippen molar-refractivity contribution in [3.63, 3.8) is 0 Å². The molecule has 1 aromatic carbocycles. The summed E-state index contributed by atoms with van der Waals surface area (Å²) in [5.74, 6) is -2.92. The molecule has 5 unspecified atom stereocenters. The minimum atomic E-state index is -1.40. The number of esters is 5. The Balaban J connectivity index is 2.50. The summed E-state index contributed by atoms with van der Waals surface area (Å²) in [6.07, 6.45) is -3.71. The van der Waals surface area contributed by atoms with E-state index in [1.165, 1.54) is 39.3 Å². The molecule has 0 aliphatic carbocycles. The fourth-order valence-corrected chi connectivity index (χ4v) is 3.48. The maximum Gasteiger partial charge on any atom is 0.308 e. The van der Waals surface area contributed by atoms with Gasteiger partial charge in [0.2, 0.25) is 6.29 Å². The molecule has 202 valence electrons. The molecule has 1 aromatic rings. The number of carbonyl (C=O) groups is 5. The molecule has 5 atom stereocenters. The van der Waals surface area contributed by atoms with Crippen LogP contribution in [0, 0.1) is 0 Å². The summed E-state index contributed by atoms with van der Waals surface area (Å²) < 4.78 is 37.2. The van der Waals surface area contributed by atoms with Gasteiger partial charge in [-0.2, -0.15) is 0 Å². The van der Waals surface area contributed by atoms with Crippen molar-refractivity contribution in [2.45, 2.75) is 65.3 Å². The highest BCUT2D eigenvalue weighted by atomic mass is 16.7. The fraction of sp³-hybridized carbons (Fsp3) is 0.500. The van der Waals surface area contributed by atoms with E-state index in [9.17, 15) is 24.0 Å². The zero-order valence-electron chi connectivity index (χ0n) is 21.2. The topological polar surface area (TPSA) is 162 Å². The number of ether oxygens (including phenoxy) is 7. The van der Waals surface area contributed by atoms with Gasteiger partial charge in [-0.1, -0.05) is 0 Å². The van der Waals surface area contributed by atoms with Crippen LogP contribution in [0.1, 0.15) is 40.2 Å². The quantitative estimate of drug-likeness (QED) is 0.196. The second kappa shape index (κ2) is 13.3. The molecule has 1 aliphatic rings. The van der Waals surface area contributed by atoms with Gasteiger partial charge in [0.25, 0.3) is 0 Å². The maximum absolute atomic E-state index is 12.0. The van der Waals surface area contributed by atoms with Crippen LogP contribution in [-0.4, -0.2) is 80.4 Å². The minimum absolute atomic E-state index is 0.187. The van der Waals surface area contributed by atoms with E-state index in [1.807, 2.05) is 0 Å². The average Bonchev–Trinajstić information content (AvgIpc) is 2.78. The smallest absolute Gasteiger partial charge is 0.308 e. The summed E-state index contributed by atoms with van der Waals surface area (Å²) in [4.78, 5) is 62.7. The maximum atomic E-state index is 12.0. The molecular formula is C24H29NO12. The van der Waals surface area contributed by atoms with E-state index in [2.05, 4.69) is 4.99 Å². The molecule has 1 heterocycles. The SMILES string of the molecule is COc1cc(C=NC2C(OC(C)=O)OC(COC(C)=O)C(OC(C)=O)C2OC(C)=O)ccc1OC(C)=O. The zero-order valence-corrected chi connectivity index (χ0v) is 21.2. The lowest BCUT2D eigenvalue weighted by Crippen LogP contribution is -2.61. The Kier molecular flexibility index (Phi) is 10.5. The van der Waals surface area contributed by atoms with Crippen molar-refractivity contribution in [3.05, 3.63) is 23.8 Å². The molecule has 13 nitrogen and oxygen atoms in total. The Morgan fingerprint density at radius 1 is 0.838 bits per heavy atom. The van der Waals surface area contributed by atoms with Crippen LogP contribution in [0.25, 0.3) is 0 Å². The second-order valence-corrected chi connectivity index (χ2v) is 7.88. The van der Waals surface area contributed by atoms with E-state index in [-0.39, 0.29) is 18.1 Å². The monoisotopic (exact) mass is 523 g/mol. The number of nitrogens with zero attached hydrogens (tertiary/aromatic N) is 1. The van der Waals surface area contributed by atoms with Gasteiger partial charge in [-0.15, -0.1) is 0 Å². The van der Waals surface area contributed by atoms with E-state index in [0.29, 0.717) is 5.56 Å². The summed E-state index contributed by atoms with van der Waals surface area (Å²) >= 11 is 0. The molecule has 0 bridgehead atoms. The van der Waals surface area contributed by atoms with E-state index >= 15 is 0 Å². The highest BCUT2D eigenvalue weighted by molar-refractivity contribution is 5.82. The van der Waals surface area contributed by atoms with E-state index < -0.39 is 60.5 Å². The van der Waals surface area contributed by atoms with Gasteiger partial charge in [-0.05, 0) is 23.8 Å². The van der Waals surface area contributed by atoms with Crippen LogP contribution in [0.4, 0.5) is 0 Å². The number of rotatable bonds is 9. The Morgan fingerprint density at radius 2 is 1.46 bits per heavy atom. The average molecular weight is 523 g/mol. The van der Waals surface area contributed by atoms with Crippen LogP contribution in [0.15, 0.2) is 23.2 Å². The Labute approximate surface area is 212 Å². The third-order valence-electron chi connectivity index (χ3n) is 4.79. The Morgan fingerprint density at radius 3 is 2.00 bits per heavy atom. The lowest BCUT2D eigenvalue weighted by molar-refractivity contribution is -0.266. The first-order valence-electron chi connectivity index (χ1n) is 11.1. The molecule has 2 rings (SSSR count). The van der Waals surface area contributed by atoms with Crippen LogP contribution in [0.5, 0.6) is 11.5 Å². The summed E-state index contributed by atoms with van der Waals surface area (Å²) in [7, 11) is 1.39. The molecular weight excluding hydrogens is 494 g/mol. The summed E-state index contributed by atoms with van der Waals surface area (Å²) in [5, 5.41) is 0. The molecule has 1 saturated heterocycles. The number of aliphatic imine (C=N–C) groups is 1. The van der Waals surface area contributed by atoms with Crippen molar-refractivity contribution in [2.24, 2.45) is 4.99 Å². The Bertz CT molecular complexity index is 1050. The normalized spacial score (nSPS) is 23.0. The number of methoxy groups -OCH3 is 1. The molecule has 1 aliphatic heterocycles. The standard InChI is InChI=1S/C24H29NO12/c1-12(26)32-11-20-22(34-14(3)28)23(35-15(4)29)21(24(37-20)36-16(5)30)25-10-17-7-8-18(33-13(2)27)19(9-17)31-6/h7-10,20-24H,11H2,1-6H3. The largest absolute Gasteiger partial charge is 0.493 e. The highest BCUT2D eigenvalue weighted by Gasteiger charge is 2.51. The number of hydrogen-bond donors (Lipinski definition) is 0. The fourth-order valence-electron chi connectivity index (χ4n) is 3.48. The van der Waals surface area contributed by atoms with E-state index in [4.69, 9.17) is 33.2 Å². The van der Waals surface area contributed by atoms with Crippen molar-refractivity contribution < 1.29 is 57.1 Å². The molecule has 0 aromatic heterocycles. The van der Waals surface area contributed by atoms with Crippen molar-refractivity contribution in [3.8, 4) is 11.5 Å². The zero-order chi connectivity index (χ0) is 27.7. The molecule has 37 heavy (non-hydrogen) atoms. The van der Waals surface area contributed by atoms with Crippen LogP contribution < -0.4 is 9.47 Å². The first-order valence-corrected chi connectivity index (χ1v) is 11.1. The molecule has 0 spiro atoms. The van der Waals surface area contributed by atoms with Gasteiger partial charge < -0.3 is 33.2 Å². The molecule has 1 fully saturated rings. The first-order chi connectivity index (χ1) is 17.4. The van der Waals surface area contributed by atoms with Crippen molar-refractivity contribution in [1.82, 2.24) is 0 Å². The van der Waals surface area contributed by atoms with Crippen molar-refractivity contribution in [1.29, 1.82) is 0 Å². The highest BCUT2D eigenvalue weighted by Crippen LogP contribution is 2.31. The van der Waals surface area contributed by atoms with E-state index in [1.54, 1.807) is 6.07 Å². The van der Waals surface area contributed by atoms with Crippen molar-refractivity contribution in [2.75, 3.05) is 13.7 Å². The minimum Gasteiger partial charge on any atom is -0.493 e. The van der Waals surface area contributed by atoms with Crippen LogP contribution >= 0.6 is 0 Å². The third kappa shape index (κ3) is 8.86. The first kappa shape index (κ1) is 29.2. The third-order valence-corrected chi connectivity index (χ3v) is 4.79. The second-order valence-electron chi connectivity index (χ2n) is 7.88. The molecule has 13 heteroatoms. The predicted molar refractivity (Wildman–Crippen MR) is 124 cm³/mol. The van der Waals surface area contributed by atoms with Gasteiger partial charge in [-0.25, -0.2) is 0 Å². The molecule has 0 amide bonds. The van der Waals surface area contributed by atoms with E-state index in [0.717, 1.165) is 20.8 Å². The summed E-state index contributed by atoms with van der Waals surface area (Å²) in [6, 6.07) is 3.40. The molecule has 0 radical (unpaired) electrons. The van der Waals surface area contributed by atoms with Crippen molar-refractivity contribution >= 4 is 36.1 Å². The lowest BCUT2D eigenvalue weighted by atomic mass is 9.96. The number of hydrogen-bond acceptors (Lipinski definition) is 13. The molecule has 0 N–H and O–H groups in total. The lowest BCUT2D eigenvalue weighted by Gasteiger charge is -2.42. The number of benzene rings is 1. The van der Waals surface area contributed by atoms with Gasteiger partial charge in [0.05, 0.1) is 7.11 Å². The summed E-state index contributed by atoms with van der Waals surface area (Å²) in [5.41, 5.74) is 0.474. The van der Waals surface area contributed by atoms with Gasteiger partial charge in [0, 0.05) is 40.8 Å². The predicted octanol–water partition coefficient (Wildman–Crippen LogP) is 1.12. The van der Waals surface area contributed by atoms with Gasteiger partial charge in [0.15, 0.2) is 29.7 Å². The molecule has 0 saturated carbocycles. The van der Waals surface area contributed by atoms with Crippen LogP contribution in [0.3, 0.4) is 0 Å². The van der Waals surface area contributed by atoms with Gasteiger partial charge in [0.1, 0.15) is 12.7 Å². The number of carbonyl (C=O) groups excluding carboxylic acids is 5.